The summed E-state index contributed by atoms with van der Waals surface area (Å²) in [7, 11) is 0. The molecule has 1 aromatic heterocycles. The molecular weight excluding hydrogens is 470 g/mol. The summed E-state index contributed by atoms with van der Waals surface area (Å²) in [5, 5.41) is 7.90. The number of carbonyl (C=O) groups is 2. The molecule has 6 nitrogen and oxygen atoms in total. The van der Waals surface area contributed by atoms with Crippen LogP contribution >= 0.6 is 11.3 Å². The summed E-state index contributed by atoms with van der Waals surface area (Å²) in [5.74, 6) is 0.356. The second-order valence-corrected chi connectivity index (χ2v) is 10.6. The summed E-state index contributed by atoms with van der Waals surface area (Å²) < 4.78 is 5.68. The predicted octanol–water partition coefficient (Wildman–Crippen LogP) is 5.37. The first kappa shape index (κ1) is 24.5. The minimum absolute atomic E-state index is 0.0767. The van der Waals surface area contributed by atoms with Gasteiger partial charge < -0.3 is 20.3 Å². The molecule has 2 amide bonds. The molecule has 1 unspecified atom stereocenters. The van der Waals surface area contributed by atoms with E-state index in [1.807, 2.05) is 29.6 Å². The maximum Gasteiger partial charge on any atom is 0.265 e. The highest BCUT2D eigenvalue weighted by atomic mass is 32.1. The van der Waals surface area contributed by atoms with E-state index in [-0.39, 0.29) is 17.9 Å². The second-order valence-electron chi connectivity index (χ2n) is 9.63. The zero-order valence-electron chi connectivity index (χ0n) is 20.4. The maximum atomic E-state index is 13.3. The predicted molar refractivity (Wildman–Crippen MR) is 145 cm³/mol. The molecule has 2 aliphatic rings. The number of amides is 2. The van der Waals surface area contributed by atoms with Gasteiger partial charge in [-0.3, -0.25) is 9.59 Å². The molecule has 0 radical (unpaired) electrons. The summed E-state index contributed by atoms with van der Waals surface area (Å²) in [6.45, 7) is 3.08. The van der Waals surface area contributed by atoms with Gasteiger partial charge in [-0.15, -0.1) is 11.3 Å². The van der Waals surface area contributed by atoms with E-state index >= 15 is 0 Å². The van der Waals surface area contributed by atoms with E-state index in [0.29, 0.717) is 28.6 Å². The van der Waals surface area contributed by atoms with Crippen LogP contribution in [-0.4, -0.2) is 44.2 Å². The van der Waals surface area contributed by atoms with E-state index in [4.69, 9.17) is 4.74 Å². The van der Waals surface area contributed by atoms with Crippen molar-refractivity contribution in [1.29, 1.82) is 0 Å². The number of nitrogens with one attached hydrogen (secondary N) is 2. The molecule has 3 aromatic rings. The molecule has 2 saturated heterocycles. The summed E-state index contributed by atoms with van der Waals surface area (Å²) in [6, 6.07) is 20.0. The largest absolute Gasteiger partial charge is 0.376 e. The highest BCUT2D eigenvalue weighted by Gasteiger charge is 2.25. The Kier molecular flexibility index (Phi) is 7.98. The third kappa shape index (κ3) is 6.15. The molecule has 0 aliphatic carbocycles. The fraction of sp³-hybridized carbons (Fsp3) is 0.379. The minimum atomic E-state index is -0.162. The van der Waals surface area contributed by atoms with E-state index in [0.717, 1.165) is 57.5 Å². The van der Waals surface area contributed by atoms with Gasteiger partial charge >= 0.3 is 0 Å². The molecular formula is C29H33N3O3S. The third-order valence-electron chi connectivity index (χ3n) is 7.08. The van der Waals surface area contributed by atoms with Gasteiger partial charge in [0.2, 0.25) is 0 Å². The van der Waals surface area contributed by atoms with E-state index in [1.54, 1.807) is 6.07 Å². The number of carbonyl (C=O) groups excluding carboxylic acids is 2. The molecule has 2 aromatic carbocycles. The molecule has 7 heteroatoms. The Labute approximate surface area is 216 Å². The number of rotatable bonds is 8. The Balaban J connectivity index is 1.29. The van der Waals surface area contributed by atoms with Gasteiger partial charge in [-0.25, -0.2) is 0 Å². The van der Waals surface area contributed by atoms with Crippen LogP contribution in [0.25, 0.3) is 0 Å². The standard InChI is InChI=1S/C29H33N3O3S/c33-28(30-20-24-8-4-16-35-24)25-19-23(31-29(34)27-9-5-17-36-27)10-11-26(25)32-14-12-22(13-15-32)18-21-6-2-1-3-7-21/h1-3,5-7,9-11,17,19,22,24H,4,8,12-16,18,20H2,(H,30,33)(H,31,34). The van der Waals surface area contributed by atoms with Gasteiger partial charge in [0.1, 0.15) is 0 Å². The van der Waals surface area contributed by atoms with Crippen LogP contribution in [0.4, 0.5) is 11.4 Å². The molecule has 2 N–H and O–H groups in total. The van der Waals surface area contributed by atoms with Crippen LogP contribution in [0.15, 0.2) is 66.0 Å². The highest BCUT2D eigenvalue weighted by Crippen LogP contribution is 2.30. The summed E-state index contributed by atoms with van der Waals surface area (Å²) in [6.07, 6.45) is 5.35. The van der Waals surface area contributed by atoms with E-state index < -0.39 is 0 Å². The normalized spacial score (nSPS) is 18.2. The number of piperidine rings is 1. The number of thiophene rings is 1. The van der Waals surface area contributed by atoms with Crippen LogP contribution in [0.1, 0.15) is 51.3 Å². The van der Waals surface area contributed by atoms with E-state index in [2.05, 4.69) is 45.9 Å². The molecule has 2 fully saturated rings. The highest BCUT2D eigenvalue weighted by molar-refractivity contribution is 7.12. The van der Waals surface area contributed by atoms with Crippen molar-refractivity contribution in [3.8, 4) is 0 Å². The average Bonchev–Trinajstić information content (AvgIpc) is 3.63. The van der Waals surface area contributed by atoms with Gasteiger partial charge in [0.15, 0.2) is 0 Å². The molecule has 188 valence electrons. The van der Waals surface area contributed by atoms with Crippen molar-refractivity contribution in [2.75, 3.05) is 36.5 Å². The smallest absolute Gasteiger partial charge is 0.265 e. The topological polar surface area (TPSA) is 70.7 Å². The van der Waals surface area contributed by atoms with Crippen molar-refractivity contribution in [2.24, 2.45) is 5.92 Å². The average molecular weight is 504 g/mol. The number of hydrogen-bond acceptors (Lipinski definition) is 5. The Morgan fingerprint density at radius 2 is 1.81 bits per heavy atom. The van der Waals surface area contributed by atoms with Crippen LogP contribution in [0.3, 0.4) is 0 Å². The van der Waals surface area contributed by atoms with Gasteiger partial charge in [0.05, 0.1) is 16.5 Å². The lowest BCUT2D eigenvalue weighted by atomic mass is 9.89. The molecule has 0 spiro atoms. The monoisotopic (exact) mass is 503 g/mol. The fourth-order valence-corrected chi connectivity index (χ4v) is 5.72. The first-order chi connectivity index (χ1) is 17.7. The Morgan fingerprint density at radius 1 is 0.972 bits per heavy atom. The summed E-state index contributed by atoms with van der Waals surface area (Å²) >= 11 is 1.40. The van der Waals surface area contributed by atoms with Crippen molar-refractivity contribution in [3.63, 3.8) is 0 Å². The summed E-state index contributed by atoms with van der Waals surface area (Å²) in [5.41, 5.74) is 3.53. The van der Waals surface area contributed by atoms with Crippen molar-refractivity contribution in [3.05, 3.63) is 82.0 Å². The molecule has 36 heavy (non-hydrogen) atoms. The number of nitrogens with zero attached hydrogens (tertiary/aromatic N) is 1. The van der Waals surface area contributed by atoms with Crippen molar-refractivity contribution in [2.45, 2.75) is 38.2 Å². The molecule has 5 rings (SSSR count). The second kappa shape index (κ2) is 11.7. The number of anilines is 2. The summed E-state index contributed by atoms with van der Waals surface area (Å²) in [4.78, 5) is 28.9. The quantitative estimate of drug-likeness (QED) is 0.434. The van der Waals surface area contributed by atoms with Crippen molar-refractivity contribution in [1.82, 2.24) is 5.32 Å². The molecule has 1 atom stereocenters. The SMILES string of the molecule is O=C(Nc1ccc(N2CCC(Cc3ccccc3)CC2)c(C(=O)NCC2CCCO2)c1)c1cccs1. The van der Waals surface area contributed by atoms with Gasteiger partial charge in [-0.2, -0.15) is 0 Å². The van der Waals surface area contributed by atoms with Gasteiger partial charge in [0.25, 0.3) is 11.8 Å². The molecule has 3 heterocycles. The van der Waals surface area contributed by atoms with E-state index in [9.17, 15) is 9.59 Å². The van der Waals surface area contributed by atoms with E-state index in [1.165, 1.54) is 16.9 Å². The Bertz CT molecular complexity index is 1150. The lowest BCUT2D eigenvalue weighted by Gasteiger charge is -2.35. The zero-order valence-corrected chi connectivity index (χ0v) is 21.3. The van der Waals surface area contributed by atoms with Crippen molar-refractivity contribution >= 4 is 34.5 Å². The fourth-order valence-electron chi connectivity index (χ4n) is 5.10. The first-order valence-corrected chi connectivity index (χ1v) is 13.7. The third-order valence-corrected chi connectivity index (χ3v) is 7.95. The van der Waals surface area contributed by atoms with Crippen LogP contribution in [0.2, 0.25) is 0 Å². The lowest BCUT2D eigenvalue weighted by molar-refractivity contribution is 0.0858. The Morgan fingerprint density at radius 3 is 2.53 bits per heavy atom. The molecule has 2 aliphatic heterocycles. The zero-order chi connectivity index (χ0) is 24.7. The van der Waals surface area contributed by atoms with Crippen LogP contribution in [0.5, 0.6) is 0 Å². The number of benzene rings is 2. The molecule has 0 saturated carbocycles. The van der Waals surface area contributed by atoms with Crippen molar-refractivity contribution < 1.29 is 14.3 Å². The van der Waals surface area contributed by atoms with Crippen LogP contribution in [-0.2, 0) is 11.2 Å². The maximum absolute atomic E-state index is 13.3. The minimum Gasteiger partial charge on any atom is -0.376 e. The van der Waals surface area contributed by atoms with Gasteiger partial charge in [-0.05, 0) is 73.2 Å². The molecule has 0 bridgehead atoms. The Hall–Kier alpha value is -3.16. The van der Waals surface area contributed by atoms with Gasteiger partial charge in [-0.1, -0.05) is 36.4 Å². The lowest BCUT2D eigenvalue weighted by Crippen LogP contribution is -2.37. The first-order valence-electron chi connectivity index (χ1n) is 12.8. The van der Waals surface area contributed by atoms with Crippen LogP contribution < -0.4 is 15.5 Å². The number of ether oxygens (including phenoxy) is 1. The van der Waals surface area contributed by atoms with Crippen LogP contribution in [0, 0.1) is 5.92 Å². The number of hydrogen-bond donors (Lipinski definition) is 2. The van der Waals surface area contributed by atoms with Gasteiger partial charge in [0, 0.05) is 37.6 Å².